The van der Waals surface area contributed by atoms with E-state index in [1.54, 1.807) is 13.2 Å². The first-order valence-corrected chi connectivity index (χ1v) is 11.1. The molecule has 1 aromatic carbocycles. The Hall–Kier alpha value is -3.33. The predicted octanol–water partition coefficient (Wildman–Crippen LogP) is 4.64. The standard InChI is InChI=1S/C24H31N5O4/c1-24(2,3)13-33-23(30)28-18-6-5-15(11-19(18)31-4)17-12-29(16-7-9-32-10-8-16)22-20(17)21(25)26-14-27-22/h5-6,11-12,14,16H,7-10,13H2,1-4H3,(H,28,30)(H2,25,26,27). The zero-order chi connectivity index (χ0) is 23.6. The molecule has 1 saturated heterocycles. The quantitative estimate of drug-likeness (QED) is 0.579. The number of nitrogens with one attached hydrogen (secondary N) is 1. The van der Waals surface area contributed by atoms with E-state index in [4.69, 9.17) is 19.9 Å². The smallest absolute Gasteiger partial charge is 0.411 e. The summed E-state index contributed by atoms with van der Waals surface area (Å²) >= 11 is 0. The molecule has 0 atom stereocenters. The number of carbonyl (C=O) groups is 1. The Morgan fingerprint density at radius 3 is 2.73 bits per heavy atom. The number of benzene rings is 1. The van der Waals surface area contributed by atoms with Gasteiger partial charge in [-0.1, -0.05) is 26.8 Å². The minimum absolute atomic E-state index is 0.119. The summed E-state index contributed by atoms with van der Waals surface area (Å²) in [6.07, 6.45) is 4.87. The van der Waals surface area contributed by atoms with Gasteiger partial charge < -0.3 is 24.5 Å². The Morgan fingerprint density at radius 2 is 2.03 bits per heavy atom. The van der Waals surface area contributed by atoms with Crippen LogP contribution in [0.15, 0.2) is 30.7 Å². The van der Waals surface area contributed by atoms with E-state index >= 15 is 0 Å². The molecular weight excluding hydrogens is 422 g/mol. The average Bonchev–Trinajstić information content (AvgIpc) is 3.19. The SMILES string of the molecule is COc1cc(-c2cn(C3CCOCC3)c3ncnc(N)c23)ccc1NC(=O)OCC(C)(C)C. The summed E-state index contributed by atoms with van der Waals surface area (Å²) < 4.78 is 18.6. The van der Waals surface area contributed by atoms with Crippen molar-refractivity contribution in [3.05, 3.63) is 30.7 Å². The number of amides is 1. The zero-order valence-corrected chi connectivity index (χ0v) is 19.6. The number of fused-ring (bicyclic) bond motifs is 1. The first kappa shape index (κ1) is 22.8. The van der Waals surface area contributed by atoms with Crippen molar-refractivity contribution < 1.29 is 19.0 Å². The summed E-state index contributed by atoms with van der Waals surface area (Å²) in [5.41, 5.74) is 9.29. The van der Waals surface area contributed by atoms with Gasteiger partial charge in [0.15, 0.2) is 0 Å². The maximum absolute atomic E-state index is 12.2. The second-order valence-corrected chi connectivity index (χ2v) is 9.43. The molecule has 0 unspecified atom stereocenters. The van der Waals surface area contributed by atoms with Crippen LogP contribution in [0.3, 0.4) is 0 Å². The molecule has 3 N–H and O–H groups in total. The minimum Gasteiger partial charge on any atom is -0.495 e. The zero-order valence-electron chi connectivity index (χ0n) is 19.6. The van der Waals surface area contributed by atoms with Crippen molar-refractivity contribution in [3.8, 4) is 16.9 Å². The van der Waals surface area contributed by atoms with Crippen LogP contribution in [0, 0.1) is 5.41 Å². The molecule has 1 aliphatic rings. The summed E-state index contributed by atoms with van der Waals surface area (Å²) in [4.78, 5) is 21.0. The molecule has 9 heteroatoms. The number of rotatable bonds is 5. The average molecular weight is 454 g/mol. The summed E-state index contributed by atoms with van der Waals surface area (Å²) in [7, 11) is 1.56. The molecule has 0 radical (unpaired) electrons. The lowest BCUT2D eigenvalue weighted by atomic mass is 9.99. The minimum atomic E-state index is -0.523. The largest absolute Gasteiger partial charge is 0.495 e. The van der Waals surface area contributed by atoms with Gasteiger partial charge in [-0.15, -0.1) is 0 Å². The van der Waals surface area contributed by atoms with Crippen LogP contribution in [0.2, 0.25) is 0 Å². The van der Waals surface area contributed by atoms with Crippen LogP contribution in [-0.4, -0.2) is 47.6 Å². The number of carbonyl (C=O) groups excluding carboxylic acids is 1. The summed E-state index contributed by atoms with van der Waals surface area (Å²) in [5, 5.41) is 3.57. The molecule has 0 spiro atoms. The lowest BCUT2D eigenvalue weighted by Gasteiger charge is -2.24. The Kier molecular flexibility index (Phi) is 6.42. The van der Waals surface area contributed by atoms with E-state index < -0.39 is 6.09 Å². The van der Waals surface area contributed by atoms with Gasteiger partial charge >= 0.3 is 6.09 Å². The van der Waals surface area contributed by atoms with Crippen molar-refractivity contribution >= 4 is 28.6 Å². The van der Waals surface area contributed by atoms with Crippen molar-refractivity contribution in [2.45, 2.75) is 39.7 Å². The van der Waals surface area contributed by atoms with Gasteiger partial charge in [0.1, 0.15) is 23.5 Å². The number of nitrogen functional groups attached to an aromatic ring is 1. The fraction of sp³-hybridized carbons (Fsp3) is 0.458. The molecule has 0 aliphatic carbocycles. The molecule has 1 fully saturated rings. The van der Waals surface area contributed by atoms with Crippen LogP contribution in [0.5, 0.6) is 5.75 Å². The number of nitrogens with two attached hydrogens (primary N) is 1. The fourth-order valence-corrected chi connectivity index (χ4v) is 3.96. The van der Waals surface area contributed by atoms with Gasteiger partial charge in [-0.25, -0.2) is 14.8 Å². The number of hydrogen-bond donors (Lipinski definition) is 2. The maximum atomic E-state index is 12.2. The number of methoxy groups -OCH3 is 1. The van der Waals surface area contributed by atoms with Gasteiger partial charge in [0.25, 0.3) is 0 Å². The summed E-state index contributed by atoms with van der Waals surface area (Å²) in [6.45, 7) is 7.76. The Bertz CT molecular complexity index is 1150. The number of anilines is 2. The molecule has 176 valence electrons. The Balaban J connectivity index is 1.68. The third kappa shape index (κ3) is 5.03. The van der Waals surface area contributed by atoms with Crippen LogP contribution in [0.25, 0.3) is 22.2 Å². The molecule has 3 aromatic rings. The first-order valence-electron chi connectivity index (χ1n) is 11.1. The second kappa shape index (κ2) is 9.27. The molecule has 1 aliphatic heterocycles. The lowest BCUT2D eigenvalue weighted by Crippen LogP contribution is -2.22. The molecule has 0 saturated carbocycles. The monoisotopic (exact) mass is 453 g/mol. The third-order valence-corrected chi connectivity index (χ3v) is 5.61. The van der Waals surface area contributed by atoms with E-state index in [2.05, 4.69) is 26.0 Å². The van der Waals surface area contributed by atoms with E-state index in [1.165, 1.54) is 6.33 Å². The molecule has 9 nitrogen and oxygen atoms in total. The van der Waals surface area contributed by atoms with Gasteiger partial charge in [-0.2, -0.15) is 0 Å². The van der Waals surface area contributed by atoms with E-state index in [9.17, 15) is 4.79 Å². The van der Waals surface area contributed by atoms with Crippen LogP contribution >= 0.6 is 0 Å². The highest BCUT2D eigenvalue weighted by atomic mass is 16.5. The maximum Gasteiger partial charge on any atom is 0.411 e. The lowest BCUT2D eigenvalue weighted by molar-refractivity contribution is 0.0706. The van der Waals surface area contributed by atoms with E-state index in [0.717, 1.165) is 48.2 Å². The van der Waals surface area contributed by atoms with Crippen molar-refractivity contribution in [1.82, 2.24) is 14.5 Å². The fourth-order valence-electron chi connectivity index (χ4n) is 3.96. The van der Waals surface area contributed by atoms with Crippen LogP contribution < -0.4 is 15.8 Å². The van der Waals surface area contributed by atoms with E-state index in [-0.39, 0.29) is 11.5 Å². The molecule has 3 heterocycles. The van der Waals surface area contributed by atoms with Gasteiger partial charge in [0, 0.05) is 31.0 Å². The summed E-state index contributed by atoms with van der Waals surface area (Å²) in [6, 6.07) is 5.86. The van der Waals surface area contributed by atoms with Gasteiger partial charge in [0.2, 0.25) is 0 Å². The van der Waals surface area contributed by atoms with Crippen LogP contribution in [0.4, 0.5) is 16.3 Å². The van der Waals surface area contributed by atoms with Crippen molar-refractivity contribution in [2.75, 3.05) is 38.0 Å². The molecule has 4 rings (SSSR count). The molecule has 1 amide bonds. The van der Waals surface area contributed by atoms with Crippen molar-refractivity contribution in [3.63, 3.8) is 0 Å². The Morgan fingerprint density at radius 1 is 1.27 bits per heavy atom. The molecule has 2 aromatic heterocycles. The highest BCUT2D eigenvalue weighted by Gasteiger charge is 2.23. The van der Waals surface area contributed by atoms with Crippen LogP contribution in [-0.2, 0) is 9.47 Å². The topological polar surface area (TPSA) is 114 Å². The van der Waals surface area contributed by atoms with Gasteiger partial charge in [-0.05, 0) is 36.0 Å². The number of nitrogens with zero attached hydrogens (tertiary/aromatic N) is 3. The van der Waals surface area contributed by atoms with Crippen molar-refractivity contribution in [1.29, 1.82) is 0 Å². The first-order chi connectivity index (χ1) is 15.8. The second-order valence-electron chi connectivity index (χ2n) is 9.43. The number of aromatic nitrogens is 3. The number of hydrogen-bond acceptors (Lipinski definition) is 7. The Labute approximate surface area is 193 Å². The number of ether oxygens (including phenoxy) is 3. The van der Waals surface area contributed by atoms with Crippen LogP contribution in [0.1, 0.15) is 39.7 Å². The molecule has 0 bridgehead atoms. The molecule has 33 heavy (non-hydrogen) atoms. The highest BCUT2D eigenvalue weighted by molar-refractivity contribution is 6.01. The third-order valence-electron chi connectivity index (χ3n) is 5.61. The van der Waals surface area contributed by atoms with E-state index in [0.29, 0.717) is 23.9 Å². The highest BCUT2D eigenvalue weighted by Crippen LogP contribution is 2.39. The summed E-state index contributed by atoms with van der Waals surface area (Å²) in [5.74, 6) is 0.940. The normalized spacial score (nSPS) is 14.9. The predicted molar refractivity (Wildman–Crippen MR) is 127 cm³/mol. The molecular formula is C24H31N5O4. The van der Waals surface area contributed by atoms with Gasteiger partial charge in [-0.3, -0.25) is 5.32 Å². The van der Waals surface area contributed by atoms with Gasteiger partial charge in [0.05, 0.1) is 24.8 Å². The van der Waals surface area contributed by atoms with E-state index in [1.807, 2.05) is 32.9 Å². The van der Waals surface area contributed by atoms with Crippen molar-refractivity contribution in [2.24, 2.45) is 5.41 Å².